The van der Waals surface area contributed by atoms with Gasteiger partial charge in [0.25, 0.3) is 0 Å². The van der Waals surface area contributed by atoms with Crippen LogP contribution in [0, 0.1) is 0 Å². The number of aromatic nitrogens is 2. The molecule has 0 unspecified atom stereocenters. The van der Waals surface area contributed by atoms with Crippen LogP contribution in [-0.2, 0) is 12.8 Å². The molecule has 2 N–H and O–H groups in total. The SMILES string of the molecule is COc1ccc(C[C@@H](C)NCCc2cnc[nH]2)cc1OC. The number of hydrogen-bond acceptors (Lipinski definition) is 4. The highest BCUT2D eigenvalue weighted by molar-refractivity contribution is 5.43. The van der Waals surface area contributed by atoms with Crippen LogP contribution < -0.4 is 14.8 Å². The van der Waals surface area contributed by atoms with Gasteiger partial charge in [-0.15, -0.1) is 0 Å². The first kappa shape index (κ1) is 15.4. The topological polar surface area (TPSA) is 59.2 Å². The second-order valence-electron chi connectivity index (χ2n) is 5.08. The van der Waals surface area contributed by atoms with Gasteiger partial charge in [0.15, 0.2) is 11.5 Å². The lowest BCUT2D eigenvalue weighted by atomic mass is 10.1. The first-order valence-corrected chi connectivity index (χ1v) is 7.14. The molecule has 1 atom stereocenters. The van der Waals surface area contributed by atoms with E-state index in [0.717, 1.165) is 36.6 Å². The molecule has 5 heteroatoms. The molecule has 1 heterocycles. The summed E-state index contributed by atoms with van der Waals surface area (Å²) in [6.07, 6.45) is 5.47. The van der Waals surface area contributed by atoms with Gasteiger partial charge < -0.3 is 19.8 Å². The summed E-state index contributed by atoms with van der Waals surface area (Å²) >= 11 is 0. The quantitative estimate of drug-likeness (QED) is 0.782. The van der Waals surface area contributed by atoms with E-state index in [2.05, 4.69) is 28.3 Å². The Morgan fingerprint density at radius 2 is 2.05 bits per heavy atom. The fourth-order valence-corrected chi connectivity index (χ4v) is 2.31. The van der Waals surface area contributed by atoms with Crippen LogP contribution in [0.4, 0.5) is 0 Å². The molecule has 0 spiro atoms. The van der Waals surface area contributed by atoms with Crippen molar-refractivity contribution >= 4 is 0 Å². The van der Waals surface area contributed by atoms with Crippen LogP contribution in [0.1, 0.15) is 18.2 Å². The molecule has 0 bridgehead atoms. The Labute approximate surface area is 125 Å². The lowest BCUT2D eigenvalue weighted by molar-refractivity contribution is 0.354. The van der Waals surface area contributed by atoms with Crippen molar-refractivity contribution in [2.24, 2.45) is 0 Å². The molecule has 114 valence electrons. The molecule has 0 fully saturated rings. The number of ether oxygens (including phenoxy) is 2. The summed E-state index contributed by atoms with van der Waals surface area (Å²) in [6.45, 7) is 3.11. The van der Waals surface area contributed by atoms with Gasteiger partial charge >= 0.3 is 0 Å². The molecule has 0 aliphatic carbocycles. The predicted octanol–water partition coefficient (Wildman–Crippen LogP) is 2.19. The minimum atomic E-state index is 0.394. The average Bonchev–Trinajstić information content (AvgIpc) is 3.00. The summed E-state index contributed by atoms with van der Waals surface area (Å²) in [5.41, 5.74) is 2.38. The van der Waals surface area contributed by atoms with E-state index in [1.807, 2.05) is 18.3 Å². The van der Waals surface area contributed by atoms with E-state index in [1.54, 1.807) is 20.5 Å². The third kappa shape index (κ3) is 4.49. The first-order valence-electron chi connectivity index (χ1n) is 7.14. The highest BCUT2D eigenvalue weighted by atomic mass is 16.5. The molecule has 1 aromatic carbocycles. The molecule has 21 heavy (non-hydrogen) atoms. The number of nitrogens with zero attached hydrogens (tertiary/aromatic N) is 1. The standard InChI is InChI=1S/C16H23N3O2/c1-12(18-7-6-14-10-17-11-19-14)8-13-4-5-15(20-2)16(9-13)21-3/h4-5,9-12,18H,6-8H2,1-3H3,(H,17,19)/t12-/m1/s1. The smallest absolute Gasteiger partial charge is 0.160 e. The molecule has 0 aliphatic rings. The Morgan fingerprint density at radius 3 is 2.71 bits per heavy atom. The van der Waals surface area contributed by atoms with Crippen molar-refractivity contribution in [3.63, 3.8) is 0 Å². The Kier molecular flexibility index (Phi) is 5.63. The lowest BCUT2D eigenvalue weighted by Crippen LogP contribution is -2.30. The van der Waals surface area contributed by atoms with Crippen molar-refractivity contribution in [1.82, 2.24) is 15.3 Å². The zero-order valence-electron chi connectivity index (χ0n) is 12.8. The normalized spacial score (nSPS) is 12.1. The van der Waals surface area contributed by atoms with Crippen LogP contribution in [0.5, 0.6) is 11.5 Å². The molecule has 1 aromatic heterocycles. The monoisotopic (exact) mass is 289 g/mol. The number of nitrogens with one attached hydrogen (secondary N) is 2. The molecule has 0 saturated heterocycles. The molecular formula is C16H23N3O2. The zero-order chi connectivity index (χ0) is 15.1. The molecule has 0 aliphatic heterocycles. The molecule has 2 aromatic rings. The summed E-state index contributed by atoms with van der Waals surface area (Å²) < 4.78 is 10.6. The van der Waals surface area contributed by atoms with E-state index >= 15 is 0 Å². The minimum Gasteiger partial charge on any atom is -0.493 e. The minimum absolute atomic E-state index is 0.394. The molecular weight excluding hydrogens is 266 g/mol. The highest BCUT2D eigenvalue weighted by Gasteiger charge is 2.08. The number of imidazole rings is 1. The second-order valence-corrected chi connectivity index (χ2v) is 5.08. The van der Waals surface area contributed by atoms with Crippen molar-refractivity contribution in [3.05, 3.63) is 42.0 Å². The summed E-state index contributed by atoms with van der Waals surface area (Å²) in [7, 11) is 3.31. The fraction of sp³-hybridized carbons (Fsp3) is 0.438. The Bertz CT molecular complexity index is 540. The maximum atomic E-state index is 5.33. The zero-order valence-corrected chi connectivity index (χ0v) is 12.8. The van der Waals surface area contributed by atoms with Crippen LogP contribution in [0.2, 0.25) is 0 Å². The van der Waals surface area contributed by atoms with Crippen LogP contribution in [-0.4, -0.2) is 36.8 Å². The van der Waals surface area contributed by atoms with E-state index in [9.17, 15) is 0 Å². The van der Waals surface area contributed by atoms with Gasteiger partial charge in [0, 0.05) is 30.9 Å². The van der Waals surface area contributed by atoms with Crippen molar-refractivity contribution in [2.75, 3.05) is 20.8 Å². The summed E-state index contributed by atoms with van der Waals surface area (Å²) in [5.74, 6) is 1.54. The van der Waals surface area contributed by atoms with Gasteiger partial charge in [0.2, 0.25) is 0 Å². The average molecular weight is 289 g/mol. The number of H-pyrrole nitrogens is 1. The third-order valence-electron chi connectivity index (χ3n) is 3.43. The largest absolute Gasteiger partial charge is 0.493 e. The second kappa shape index (κ2) is 7.69. The number of hydrogen-bond donors (Lipinski definition) is 2. The van der Waals surface area contributed by atoms with Gasteiger partial charge in [-0.25, -0.2) is 4.98 Å². The van der Waals surface area contributed by atoms with Crippen LogP contribution in [0.25, 0.3) is 0 Å². The Hall–Kier alpha value is -2.01. The van der Waals surface area contributed by atoms with Crippen LogP contribution >= 0.6 is 0 Å². The third-order valence-corrected chi connectivity index (χ3v) is 3.43. The van der Waals surface area contributed by atoms with Crippen molar-refractivity contribution in [2.45, 2.75) is 25.8 Å². The Morgan fingerprint density at radius 1 is 1.24 bits per heavy atom. The predicted molar refractivity (Wildman–Crippen MR) is 83.0 cm³/mol. The van der Waals surface area contributed by atoms with E-state index < -0.39 is 0 Å². The number of rotatable bonds is 8. The van der Waals surface area contributed by atoms with Gasteiger partial charge in [0.1, 0.15) is 0 Å². The highest BCUT2D eigenvalue weighted by Crippen LogP contribution is 2.27. The molecule has 0 amide bonds. The van der Waals surface area contributed by atoms with Gasteiger partial charge in [-0.2, -0.15) is 0 Å². The summed E-state index contributed by atoms with van der Waals surface area (Å²) in [6, 6.07) is 6.46. The van der Waals surface area contributed by atoms with Crippen molar-refractivity contribution in [3.8, 4) is 11.5 Å². The van der Waals surface area contributed by atoms with Gasteiger partial charge in [-0.05, 0) is 31.0 Å². The van der Waals surface area contributed by atoms with E-state index in [0.29, 0.717) is 6.04 Å². The Balaban J connectivity index is 1.83. The van der Waals surface area contributed by atoms with E-state index in [1.165, 1.54) is 5.56 Å². The van der Waals surface area contributed by atoms with Gasteiger partial charge in [-0.1, -0.05) is 6.07 Å². The van der Waals surface area contributed by atoms with Crippen molar-refractivity contribution < 1.29 is 9.47 Å². The maximum absolute atomic E-state index is 5.33. The summed E-state index contributed by atoms with van der Waals surface area (Å²) in [5, 5.41) is 3.52. The van der Waals surface area contributed by atoms with Crippen molar-refractivity contribution in [1.29, 1.82) is 0 Å². The molecule has 0 saturated carbocycles. The van der Waals surface area contributed by atoms with Crippen LogP contribution in [0.3, 0.4) is 0 Å². The van der Waals surface area contributed by atoms with Crippen LogP contribution in [0.15, 0.2) is 30.7 Å². The molecule has 5 nitrogen and oxygen atoms in total. The fourth-order valence-electron chi connectivity index (χ4n) is 2.31. The van der Waals surface area contributed by atoms with E-state index in [-0.39, 0.29) is 0 Å². The lowest BCUT2D eigenvalue weighted by Gasteiger charge is -2.15. The van der Waals surface area contributed by atoms with Gasteiger partial charge in [-0.3, -0.25) is 0 Å². The summed E-state index contributed by atoms with van der Waals surface area (Å²) in [4.78, 5) is 7.12. The maximum Gasteiger partial charge on any atom is 0.160 e. The number of methoxy groups -OCH3 is 2. The first-order chi connectivity index (χ1) is 10.2. The van der Waals surface area contributed by atoms with E-state index in [4.69, 9.17) is 9.47 Å². The van der Waals surface area contributed by atoms with Gasteiger partial charge in [0.05, 0.1) is 20.5 Å². The molecule has 0 radical (unpaired) electrons. The number of benzene rings is 1. The molecule has 2 rings (SSSR count). The number of aromatic amines is 1.